The summed E-state index contributed by atoms with van der Waals surface area (Å²) in [6, 6.07) is 0. The molecule has 0 amide bonds. The Morgan fingerprint density at radius 1 is 1.47 bits per heavy atom. The van der Waals surface area contributed by atoms with Gasteiger partial charge in [-0.1, -0.05) is 0 Å². The van der Waals surface area contributed by atoms with Gasteiger partial charge in [-0.2, -0.15) is 0 Å². The number of halogens is 3. The lowest BCUT2D eigenvalue weighted by Gasteiger charge is -2.14. The first-order valence-corrected chi connectivity index (χ1v) is 4.05. The van der Waals surface area contributed by atoms with Gasteiger partial charge in [0.1, 0.15) is 0 Å². The Balaban J connectivity index is 3.15. The first-order valence-electron chi connectivity index (χ1n) is 4.05. The van der Waals surface area contributed by atoms with E-state index < -0.39 is 12.1 Å². The normalized spacial score (nSPS) is 11.5. The minimum Gasteiger partial charge on any atom is -0.403 e. The largest absolute Gasteiger partial charge is 0.573 e. The number of nitrogen functional groups attached to an aromatic ring is 1. The third kappa shape index (κ3) is 2.72. The summed E-state index contributed by atoms with van der Waals surface area (Å²) in [5.74, 6) is -0.432. The van der Waals surface area contributed by atoms with Crippen LogP contribution in [0.2, 0.25) is 0 Å². The van der Waals surface area contributed by atoms with Crippen molar-refractivity contribution >= 4 is 5.69 Å². The number of hydrogen-bond donors (Lipinski definition) is 2. The molecule has 0 aliphatic rings. The first kappa shape index (κ1) is 11.6. The molecule has 0 bridgehead atoms. The van der Waals surface area contributed by atoms with E-state index in [1.807, 2.05) is 0 Å². The molecule has 0 atom stereocenters. The van der Waals surface area contributed by atoms with Crippen molar-refractivity contribution < 1.29 is 17.9 Å². The second-order valence-electron chi connectivity index (χ2n) is 2.87. The van der Waals surface area contributed by atoms with Crippen LogP contribution in [0.3, 0.4) is 0 Å². The van der Waals surface area contributed by atoms with Gasteiger partial charge in [-0.05, 0) is 6.92 Å². The Hall–Kier alpha value is -1.50. The molecule has 0 aliphatic carbocycles. The van der Waals surface area contributed by atoms with Gasteiger partial charge < -0.3 is 16.2 Å². The molecule has 0 radical (unpaired) electrons. The summed E-state index contributed by atoms with van der Waals surface area (Å²) in [5, 5.41) is 0. The topological polar surface area (TPSA) is 74.2 Å². The molecule has 15 heavy (non-hydrogen) atoms. The minimum absolute atomic E-state index is 0.0281. The zero-order chi connectivity index (χ0) is 11.6. The van der Waals surface area contributed by atoms with Gasteiger partial charge >= 0.3 is 6.36 Å². The van der Waals surface area contributed by atoms with E-state index in [-0.39, 0.29) is 17.8 Å². The van der Waals surface area contributed by atoms with Crippen LogP contribution in [0.15, 0.2) is 6.20 Å². The smallest absolute Gasteiger partial charge is 0.403 e. The Labute approximate surface area is 84.0 Å². The van der Waals surface area contributed by atoms with Crippen molar-refractivity contribution in [2.75, 3.05) is 5.73 Å². The maximum atomic E-state index is 12.0. The van der Waals surface area contributed by atoms with Crippen LogP contribution in [-0.4, -0.2) is 11.3 Å². The average Bonchev–Trinajstić information content (AvgIpc) is 2.11. The van der Waals surface area contributed by atoms with Crippen LogP contribution < -0.4 is 16.2 Å². The zero-order valence-corrected chi connectivity index (χ0v) is 7.93. The molecular weight excluding hydrogens is 211 g/mol. The van der Waals surface area contributed by atoms with E-state index in [2.05, 4.69) is 9.72 Å². The number of rotatable bonds is 2. The van der Waals surface area contributed by atoms with Crippen LogP contribution in [0.4, 0.5) is 18.9 Å². The van der Waals surface area contributed by atoms with E-state index in [9.17, 15) is 13.2 Å². The summed E-state index contributed by atoms with van der Waals surface area (Å²) in [6.07, 6.45) is -3.68. The highest BCUT2D eigenvalue weighted by atomic mass is 19.4. The molecule has 0 saturated carbocycles. The number of alkyl halides is 3. The molecular formula is C8H10F3N3O. The van der Waals surface area contributed by atoms with Crippen LogP contribution in [0.1, 0.15) is 11.3 Å². The second kappa shape index (κ2) is 3.93. The molecule has 0 unspecified atom stereocenters. The highest BCUT2D eigenvalue weighted by Crippen LogP contribution is 2.32. The number of ether oxygens (including phenoxy) is 1. The number of anilines is 1. The summed E-state index contributed by atoms with van der Waals surface area (Å²) >= 11 is 0. The maximum absolute atomic E-state index is 12.0. The standard InChI is InChI=1S/C8H10F3N3O/c1-4-6(2-12)14-3-5(13)7(4)15-8(9,10)11/h3H,2,12-13H2,1H3. The lowest BCUT2D eigenvalue weighted by atomic mass is 10.2. The van der Waals surface area contributed by atoms with Crippen LogP contribution in [0.5, 0.6) is 5.75 Å². The predicted octanol–water partition coefficient (Wildman–Crippen LogP) is 1.33. The van der Waals surface area contributed by atoms with E-state index in [4.69, 9.17) is 11.5 Å². The van der Waals surface area contributed by atoms with Crippen molar-refractivity contribution in [3.05, 3.63) is 17.5 Å². The highest BCUT2D eigenvalue weighted by molar-refractivity contribution is 5.56. The number of pyridine rings is 1. The molecule has 1 rings (SSSR count). The van der Waals surface area contributed by atoms with E-state index >= 15 is 0 Å². The first-order chi connectivity index (χ1) is 6.85. The minimum atomic E-state index is -4.77. The fraction of sp³-hybridized carbons (Fsp3) is 0.375. The van der Waals surface area contributed by atoms with Crippen LogP contribution >= 0.6 is 0 Å². The van der Waals surface area contributed by atoms with E-state index in [1.54, 1.807) is 0 Å². The molecule has 0 fully saturated rings. The molecule has 4 N–H and O–H groups in total. The van der Waals surface area contributed by atoms with E-state index in [0.717, 1.165) is 6.20 Å². The molecule has 1 heterocycles. The number of hydrogen-bond acceptors (Lipinski definition) is 4. The second-order valence-corrected chi connectivity index (χ2v) is 2.87. The molecule has 4 nitrogen and oxygen atoms in total. The van der Waals surface area contributed by atoms with Crippen LogP contribution in [0, 0.1) is 6.92 Å². The van der Waals surface area contributed by atoms with Gasteiger partial charge in [0.05, 0.1) is 17.6 Å². The molecule has 0 aliphatic heterocycles. The monoisotopic (exact) mass is 221 g/mol. The number of aromatic nitrogens is 1. The SMILES string of the molecule is Cc1c(CN)ncc(N)c1OC(F)(F)F. The van der Waals surface area contributed by atoms with Gasteiger partial charge in [0.25, 0.3) is 0 Å². The van der Waals surface area contributed by atoms with Gasteiger partial charge in [0, 0.05) is 12.1 Å². The van der Waals surface area contributed by atoms with Crippen molar-refractivity contribution in [1.82, 2.24) is 4.98 Å². The summed E-state index contributed by atoms with van der Waals surface area (Å²) in [5.41, 5.74) is 11.0. The predicted molar refractivity (Wildman–Crippen MR) is 48.0 cm³/mol. The zero-order valence-electron chi connectivity index (χ0n) is 7.93. The molecule has 0 spiro atoms. The van der Waals surface area contributed by atoms with Crippen molar-refractivity contribution in [3.63, 3.8) is 0 Å². The average molecular weight is 221 g/mol. The Morgan fingerprint density at radius 2 is 2.07 bits per heavy atom. The molecule has 1 aromatic heterocycles. The van der Waals surface area contributed by atoms with Crippen molar-refractivity contribution in [3.8, 4) is 5.75 Å². The van der Waals surface area contributed by atoms with Crippen LogP contribution in [-0.2, 0) is 6.54 Å². The van der Waals surface area contributed by atoms with Crippen LogP contribution in [0.25, 0.3) is 0 Å². The van der Waals surface area contributed by atoms with Gasteiger partial charge in [-0.3, -0.25) is 4.98 Å². The number of nitrogens with zero attached hydrogens (tertiary/aromatic N) is 1. The third-order valence-electron chi connectivity index (χ3n) is 1.81. The van der Waals surface area contributed by atoms with E-state index in [0.29, 0.717) is 5.69 Å². The molecule has 1 aromatic rings. The lowest BCUT2D eigenvalue weighted by Crippen LogP contribution is -2.19. The van der Waals surface area contributed by atoms with Gasteiger partial charge in [0.15, 0.2) is 5.75 Å². The lowest BCUT2D eigenvalue weighted by molar-refractivity contribution is -0.274. The third-order valence-corrected chi connectivity index (χ3v) is 1.81. The maximum Gasteiger partial charge on any atom is 0.573 e. The summed E-state index contributed by atoms with van der Waals surface area (Å²) in [4.78, 5) is 3.79. The summed E-state index contributed by atoms with van der Waals surface area (Å²) in [6.45, 7) is 1.45. The molecule has 0 aromatic carbocycles. The fourth-order valence-electron chi connectivity index (χ4n) is 1.11. The van der Waals surface area contributed by atoms with Crippen molar-refractivity contribution in [1.29, 1.82) is 0 Å². The fourth-order valence-corrected chi connectivity index (χ4v) is 1.11. The quantitative estimate of drug-likeness (QED) is 0.790. The molecule has 0 saturated heterocycles. The number of nitrogens with two attached hydrogens (primary N) is 2. The highest BCUT2D eigenvalue weighted by Gasteiger charge is 2.33. The van der Waals surface area contributed by atoms with E-state index in [1.165, 1.54) is 6.92 Å². The Morgan fingerprint density at radius 3 is 2.53 bits per heavy atom. The van der Waals surface area contributed by atoms with Gasteiger partial charge in [-0.25, -0.2) is 0 Å². The summed E-state index contributed by atoms with van der Waals surface area (Å²) in [7, 11) is 0. The van der Waals surface area contributed by atoms with Crippen molar-refractivity contribution in [2.45, 2.75) is 19.8 Å². The summed E-state index contributed by atoms with van der Waals surface area (Å²) < 4.78 is 39.8. The molecule has 84 valence electrons. The van der Waals surface area contributed by atoms with Crippen molar-refractivity contribution in [2.24, 2.45) is 5.73 Å². The Kier molecular flexibility index (Phi) is 3.04. The molecule has 7 heteroatoms. The van der Waals surface area contributed by atoms with Gasteiger partial charge in [-0.15, -0.1) is 13.2 Å². The Bertz CT molecular complexity index is 365. The van der Waals surface area contributed by atoms with Gasteiger partial charge in [0.2, 0.25) is 0 Å².